The van der Waals surface area contributed by atoms with E-state index >= 15 is 0 Å². The van der Waals surface area contributed by atoms with Gasteiger partial charge in [-0.3, -0.25) is 4.79 Å². The molecule has 0 saturated heterocycles. The van der Waals surface area contributed by atoms with E-state index in [1.807, 2.05) is 24.4 Å². The molecule has 0 radical (unpaired) electrons. The molecule has 1 amide bonds. The third-order valence-corrected chi connectivity index (χ3v) is 6.17. The minimum atomic E-state index is -0.0663. The van der Waals surface area contributed by atoms with Gasteiger partial charge in [0.15, 0.2) is 0 Å². The first kappa shape index (κ1) is 16.9. The second-order valence-corrected chi connectivity index (χ2v) is 7.47. The van der Waals surface area contributed by atoms with Crippen LogP contribution in [0.5, 0.6) is 0 Å². The van der Waals surface area contributed by atoms with Crippen LogP contribution < -0.4 is 5.32 Å². The molecule has 0 bridgehead atoms. The summed E-state index contributed by atoms with van der Waals surface area (Å²) < 4.78 is 0. The third-order valence-electron chi connectivity index (χ3n) is 3.97. The maximum Gasteiger partial charge on any atom is 0.267 e. The second-order valence-electron chi connectivity index (χ2n) is 5.52. The van der Waals surface area contributed by atoms with Gasteiger partial charge in [-0.15, -0.1) is 22.7 Å². The minimum absolute atomic E-state index is 0.0663. The molecule has 2 aromatic heterocycles. The van der Waals surface area contributed by atoms with Gasteiger partial charge >= 0.3 is 0 Å². The molecule has 0 atom stereocenters. The summed E-state index contributed by atoms with van der Waals surface area (Å²) in [4.78, 5) is 19.2. The standard InChI is InChI=1S/C19H20N2OS2/c1-4-13-8-6-9-14(5-2)16(13)21-18(22)17-12(3)20-19(24-17)15-10-7-11-23-15/h6-11H,4-5H2,1-3H3,(H,21,22). The highest BCUT2D eigenvalue weighted by Gasteiger charge is 2.18. The molecular weight excluding hydrogens is 336 g/mol. The monoisotopic (exact) mass is 356 g/mol. The van der Waals surface area contributed by atoms with Crippen LogP contribution in [-0.4, -0.2) is 10.9 Å². The number of rotatable bonds is 5. The highest BCUT2D eigenvalue weighted by atomic mass is 32.1. The zero-order valence-corrected chi connectivity index (χ0v) is 15.7. The number of hydrogen-bond acceptors (Lipinski definition) is 4. The molecule has 3 rings (SSSR count). The summed E-state index contributed by atoms with van der Waals surface area (Å²) in [5.41, 5.74) is 4.08. The number of amides is 1. The third kappa shape index (κ3) is 3.28. The number of nitrogens with zero attached hydrogens (tertiary/aromatic N) is 1. The minimum Gasteiger partial charge on any atom is -0.321 e. The zero-order valence-electron chi connectivity index (χ0n) is 14.1. The second kappa shape index (κ2) is 7.28. The number of carbonyl (C=O) groups excluding carboxylic acids is 1. The highest BCUT2D eigenvalue weighted by Crippen LogP contribution is 2.32. The van der Waals surface area contributed by atoms with Crippen molar-refractivity contribution in [3.63, 3.8) is 0 Å². The molecule has 0 aliphatic rings. The summed E-state index contributed by atoms with van der Waals surface area (Å²) in [6.07, 6.45) is 1.79. The van der Waals surface area contributed by atoms with Gasteiger partial charge in [0.25, 0.3) is 5.91 Å². The predicted molar refractivity (Wildman–Crippen MR) is 103 cm³/mol. The van der Waals surface area contributed by atoms with Crippen LogP contribution in [0.25, 0.3) is 9.88 Å². The lowest BCUT2D eigenvalue weighted by molar-refractivity contribution is 0.102. The highest BCUT2D eigenvalue weighted by molar-refractivity contribution is 7.22. The van der Waals surface area contributed by atoms with Crippen LogP contribution in [0, 0.1) is 6.92 Å². The molecule has 1 N–H and O–H groups in total. The van der Waals surface area contributed by atoms with Crippen molar-refractivity contribution in [1.82, 2.24) is 4.98 Å². The van der Waals surface area contributed by atoms with Gasteiger partial charge < -0.3 is 5.32 Å². The molecule has 1 aromatic carbocycles. The lowest BCUT2D eigenvalue weighted by Gasteiger charge is -2.14. The molecule has 0 saturated carbocycles. The molecule has 24 heavy (non-hydrogen) atoms. The number of nitrogens with one attached hydrogen (secondary N) is 1. The Kier molecular flexibility index (Phi) is 5.11. The molecule has 2 heterocycles. The van der Waals surface area contributed by atoms with Crippen molar-refractivity contribution in [1.29, 1.82) is 0 Å². The Labute approximate surface area is 150 Å². The number of thiophene rings is 1. The number of para-hydroxylation sites is 1. The first-order valence-electron chi connectivity index (χ1n) is 8.07. The van der Waals surface area contributed by atoms with Crippen molar-refractivity contribution in [2.75, 3.05) is 5.32 Å². The van der Waals surface area contributed by atoms with E-state index in [1.165, 1.54) is 22.5 Å². The molecule has 3 nitrogen and oxygen atoms in total. The van der Waals surface area contributed by atoms with Crippen molar-refractivity contribution in [3.05, 3.63) is 57.4 Å². The maximum absolute atomic E-state index is 12.8. The summed E-state index contributed by atoms with van der Waals surface area (Å²) in [5.74, 6) is -0.0663. The lowest BCUT2D eigenvalue weighted by Crippen LogP contribution is -2.14. The van der Waals surface area contributed by atoms with Crippen molar-refractivity contribution in [2.45, 2.75) is 33.6 Å². The zero-order chi connectivity index (χ0) is 17.1. The van der Waals surface area contributed by atoms with Gasteiger partial charge in [0.05, 0.1) is 10.6 Å². The normalized spacial score (nSPS) is 10.8. The number of benzene rings is 1. The average Bonchev–Trinajstić information content (AvgIpc) is 3.24. The van der Waals surface area contributed by atoms with Gasteiger partial charge in [-0.25, -0.2) is 4.98 Å². The van der Waals surface area contributed by atoms with Crippen molar-refractivity contribution in [2.24, 2.45) is 0 Å². The largest absolute Gasteiger partial charge is 0.321 e. The fraction of sp³-hybridized carbons (Fsp3) is 0.263. The van der Waals surface area contributed by atoms with Gasteiger partial charge in [-0.05, 0) is 42.3 Å². The number of hydrogen-bond donors (Lipinski definition) is 1. The fourth-order valence-electron chi connectivity index (χ4n) is 2.69. The van der Waals surface area contributed by atoms with Crippen LogP contribution in [0.15, 0.2) is 35.7 Å². The van der Waals surface area contributed by atoms with Gasteiger partial charge in [-0.1, -0.05) is 38.1 Å². The quantitative estimate of drug-likeness (QED) is 0.650. The molecule has 0 spiro atoms. The topological polar surface area (TPSA) is 42.0 Å². The Morgan fingerprint density at radius 1 is 1.12 bits per heavy atom. The van der Waals surface area contributed by atoms with E-state index in [9.17, 15) is 4.79 Å². The van der Waals surface area contributed by atoms with E-state index in [-0.39, 0.29) is 5.91 Å². The van der Waals surface area contributed by atoms with Crippen molar-refractivity contribution in [3.8, 4) is 9.88 Å². The summed E-state index contributed by atoms with van der Waals surface area (Å²) >= 11 is 3.10. The van der Waals surface area contributed by atoms with Crippen molar-refractivity contribution < 1.29 is 4.79 Å². The SMILES string of the molecule is CCc1cccc(CC)c1NC(=O)c1sc(-c2cccs2)nc1C. The summed E-state index contributed by atoms with van der Waals surface area (Å²) in [5, 5.41) is 6.07. The van der Waals surface area contributed by atoms with Crippen LogP contribution in [-0.2, 0) is 12.8 Å². The molecule has 0 aliphatic carbocycles. The Morgan fingerprint density at radius 2 is 1.83 bits per heavy atom. The Morgan fingerprint density at radius 3 is 2.42 bits per heavy atom. The Balaban J connectivity index is 1.91. The van der Waals surface area contributed by atoms with Gasteiger partial charge in [0, 0.05) is 5.69 Å². The van der Waals surface area contributed by atoms with Gasteiger partial charge in [0.1, 0.15) is 9.88 Å². The van der Waals surface area contributed by atoms with E-state index in [1.54, 1.807) is 11.3 Å². The maximum atomic E-state index is 12.8. The smallest absolute Gasteiger partial charge is 0.267 e. The molecule has 0 unspecified atom stereocenters. The predicted octanol–water partition coefficient (Wildman–Crippen LogP) is 5.56. The number of thiazole rings is 1. The fourth-order valence-corrected chi connectivity index (χ4v) is 4.44. The molecule has 124 valence electrons. The van der Waals surface area contributed by atoms with E-state index in [2.05, 4.69) is 42.3 Å². The molecular formula is C19H20N2OS2. The van der Waals surface area contributed by atoms with Crippen LogP contribution in [0.1, 0.15) is 40.3 Å². The first-order valence-corrected chi connectivity index (χ1v) is 9.77. The Hall–Kier alpha value is -1.98. The summed E-state index contributed by atoms with van der Waals surface area (Å²) in [6, 6.07) is 10.2. The first-order chi connectivity index (χ1) is 11.6. The van der Waals surface area contributed by atoms with Crippen LogP contribution in [0.4, 0.5) is 5.69 Å². The Bertz CT molecular complexity index is 828. The van der Waals surface area contributed by atoms with Crippen LogP contribution >= 0.6 is 22.7 Å². The number of carbonyl (C=O) groups is 1. The van der Waals surface area contributed by atoms with E-state index in [0.717, 1.165) is 34.1 Å². The van der Waals surface area contributed by atoms with Crippen LogP contribution in [0.2, 0.25) is 0 Å². The van der Waals surface area contributed by atoms with Gasteiger partial charge in [-0.2, -0.15) is 0 Å². The van der Waals surface area contributed by atoms with E-state index < -0.39 is 0 Å². The number of aryl methyl sites for hydroxylation is 3. The summed E-state index contributed by atoms with van der Waals surface area (Å²) in [6.45, 7) is 6.11. The lowest BCUT2D eigenvalue weighted by atomic mass is 10.0. The molecule has 0 aliphatic heterocycles. The van der Waals surface area contributed by atoms with Crippen LogP contribution in [0.3, 0.4) is 0 Å². The number of aromatic nitrogens is 1. The summed E-state index contributed by atoms with van der Waals surface area (Å²) in [7, 11) is 0. The molecule has 0 fully saturated rings. The van der Waals surface area contributed by atoms with E-state index in [0.29, 0.717) is 4.88 Å². The van der Waals surface area contributed by atoms with Crippen molar-refractivity contribution >= 4 is 34.3 Å². The number of anilines is 1. The molecule has 3 aromatic rings. The average molecular weight is 357 g/mol. The van der Waals surface area contributed by atoms with Gasteiger partial charge in [0.2, 0.25) is 0 Å². The van der Waals surface area contributed by atoms with E-state index in [4.69, 9.17) is 0 Å². The molecule has 5 heteroatoms.